The van der Waals surface area contributed by atoms with Crippen molar-refractivity contribution in [1.29, 1.82) is 0 Å². The first-order chi connectivity index (χ1) is 20.1. The van der Waals surface area contributed by atoms with Crippen LogP contribution in [0.5, 0.6) is 0 Å². The molecule has 0 fully saturated rings. The van der Waals surface area contributed by atoms with E-state index in [-0.39, 0.29) is 17.9 Å². The van der Waals surface area contributed by atoms with Gasteiger partial charge in [0.15, 0.2) is 0 Å². The van der Waals surface area contributed by atoms with Gasteiger partial charge in [-0.25, -0.2) is 0 Å². The Balaban J connectivity index is 3.84. The number of carbonyl (C=O) groups is 2. The lowest BCUT2D eigenvalue weighted by molar-refractivity contribution is -0.153. The van der Waals surface area contributed by atoms with Crippen molar-refractivity contribution in [3.63, 3.8) is 0 Å². The van der Waals surface area contributed by atoms with Crippen LogP contribution in [-0.2, 0) is 19.1 Å². The summed E-state index contributed by atoms with van der Waals surface area (Å²) in [4.78, 5) is 24.8. The number of hydrogen-bond donors (Lipinski definition) is 0. The van der Waals surface area contributed by atoms with Crippen LogP contribution >= 0.6 is 0 Å². The van der Waals surface area contributed by atoms with Crippen molar-refractivity contribution < 1.29 is 19.1 Å². The van der Waals surface area contributed by atoms with Crippen LogP contribution in [-0.4, -0.2) is 25.2 Å². The van der Waals surface area contributed by atoms with Gasteiger partial charge in [-0.1, -0.05) is 139 Å². The average molecular weight is 595 g/mol. The van der Waals surface area contributed by atoms with Crippen LogP contribution in [0.2, 0.25) is 0 Å². The molecule has 4 heteroatoms. The minimum absolute atomic E-state index is 0.00980. The van der Waals surface area contributed by atoms with E-state index < -0.39 is 0 Å². The molecule has 0 saturated carbocycles. The second-order valence-electron chi connectivity index (χ2n) is 14.6. The molecule has 0 amide bonds. The van der Waals surface area contributed by atoms with Crippen molar-refractivity contribution >= 4 is 11.9 Å². The van der Waals surface area contributed by atoms with Crippen molar-refractivity contribution in [2.24, 2.45) is 35.5 Å². The Bertz CT molecular complexity index is 625. The quantitative estimate of drug-likeness (QED) is 0.0638. The van der Waals surface area contributed by atoms with Gasteiger partial charge in [0.05, 0.1) is 19.1 Å². The lowest BCUT2D eigenvalue weighted by Gasteiger charge is -2.31. The molecule has 0 aromatic rings. The predicted octanol–water partition coefficient (Wildman–Crippen LogP) is 11.7. The van der Waals surface area contributed by atoms with Gasteiger partial charge in [-0.2, -0.15) is 0 Å². The summed E-state index contributed by atoms with van der Waals surface area (Å²) in [6.45, 7) is 19.1. The molecule has 4 nitrogen and oxygen atoms in total. The third-order valence-electron chi connectivity index (χ3n) is 8.84. The monoisotopic (exact) mass is 595 g/mol. The zero-order valence-electron chi connectivity index (χ0n) is 29.7. The van der Waals surface area contributed by atoms with Crippen LogP contribution in [0.4, 0.5) is 0 Å². The van der Waals surface area contributed by atoms with E-state index in [2.05, 4.69) is 55.4 Å². The first-order valence-electron chi connectivity index (χ1n) is 18.4. The molecule has 0 N–H and O–H groups in total. The average Bonchev–Trinajstić information content (AvgIpc) is 2.91. The number of carbonyl (C=O) groups excluding carboxylic acids is 2. The van der Waals surface area contributed by atoms with E-state index in [1.807, 2.05) is 0 Å². The van der Waals surface area contributed by atoms with Gasteiger partial charge >= 0.3 is 11.9 Å². The number of rotatable bonds is 29. The Morgan fingerprint density at radius 3 is 1.29 bits per heavy atom. The Labute approximate surface area is 263 Å². The Kier molecular flexibility index (Phi) is 26.8. The third kappa shape index (κ3) is 24.4. The van der Waals surface area contributed by atoms with E-state index in [1.165, 1.54) is 77.0 Å². The lowest BCUT2D eigenvalue weighted by atomic mass is 9.74. The maximum absolute atomic E-state index is 13.0. The minimum atomic E-state index is -0.00980. The molecule has 0 spiro atoms. The summed E-state index contributed by atoms with van der Waals surface area (Å²) in [5.74, 6) is 2.75. The molecule has 0 aromatic heterocycles. The maximum Gasteiger partial charge on any atom is 0.309 e. The largest absolute Gasteiger partial charge is 0.466 e. The van der Waals surface area contributed by atoms with Gasteiger partial charge in [0.2, 0.25) is 0 Å². The molecule has 2 atom stereocenters. The topological polar surface area (TPSA) is 52.6 Å². The van der Waals surface area contributed by atoms with Crippen LogP contribution in [0, 0.1) is 35.5 Å². The van der Waals surface area contributed by atoms with Crippen molar-refractivity contribution in [1.82, 2.24) is 0 Å². The van der Waals surface area contributed by atoms with Gasteiger partial charge in [-0.3, -0.25) is 9.59 Å². The van der Waals surface area contributed by atoms with E-state index in [0.717, 1.165) is 56.8 Å². The minimum Gasteiger partial charge on any atom is -0.466 e. The van der Waals surface area contributed by atoms with E-state index in [4.69, 9.17) is 9.47 Å². The summed E-state index contributed by atoms with van der Waals surface area (Å²) in [6.07, 6.45) is 23.6. The molecular weight excluding hydrogens is 520 g/mol. The maximum atomic E-state index is 13.0. The summed E-state index contributed by atoms with van der Waals surface area (Å²) in [5, 5.41) is 0. The van der Waals surface area contributed by atoms with Crippen molar-refractivity contribution in [2.45, 2.75) is 184 Å². The predicted molar refractivity (Wildman–Crippen MR) is 181 cm³/mol. The molecule has 0 aliphatic heterocycles. The SMILES string of the molecule is CC(C)CCCCOC(=O)CCCCCCCCCCCCCCC(C(C)C)C(C(=O)OCCCCC(C)C)C(C)C. The Hall–Kier alpha value is -1.06. The van der Waals surface area contributed by atoms with Crippen LogP contribution in [0.1, 0.15) is 184 Å². The van der Waals surface area contributed by atoms with E-state index in [9.17, 15) is 9.59 Å². The second kappa shape index (κ2) is 27.5. The third-order valence-corrected chi connectivity index (χ3v) is 8.84. The van der Waals surface area contributed by atoms with Crippen molar-refractivity contribution in [2.75, 3.05) is 13.2 Å². The van der Waals surface area contributed by atoms with Gasteiger partial charge in [0, 0.05) is 6.42 Å². The standard InChI is InChI=1S/C38H74O4/c1-31(2)25-21-23-29-41-36(39)28-20-18-16-14-12-10-9-11-13-15-17-19-27-35(33(5)6)37(34(7)8)38(40)42-30-24-22-26-32(3)4/h31-35,37H,9-30H2,1-8H3. The molecular formula is C38H74O4. The lowest BCUT2D eigenvalue weighted by Crippen LogP contribution is -2.33. The van der Waals surface area contributed by atoms with Gasteiger partial charge < -0.3 is 9.47 Å². The highest BCUT2D eigenvalue weighted by atomic mass is 16.5. The van der Waals surface area contributed by atoms with E-state index in [0.29, 0.717) is 37.4 Å². The Morgan fingerprint density at radius 2 is 0.857 bits per heavy atom. The summed E-state index contributed by atoms with van der Waals surface area (Å²) >= 11 is 0. The number of hydrogen-bond acceptors (Lipinski definition) is 4. The zero-order valence-corrected chi connectivity index (χ0v) is 29.7. The number of unbranched alkanes of at least 4 members (excludes halogenated alkanes) is 13. The molecule has 0 aromatic carbocycles. The molecule has 0 bridgehead atoms. The highest BCUT2D eigenvalue weighted by molar-refractivity contribution is 5.73. The molecule has 42 heavy (non-hydrogen) atoms. The van der Waals surface area contributed by atoms with Gasteiger partial charge in [-0.15, -0.1) is 0 Å². The summed E-state index contributed by atoms with van der Waals surface area (Å²) < 4.78 is 11.1. The van der Waals surface area contributed by atoms with Crippen LogP contribution in [0.15, 0.2) is 0 Å². The molecule has 0 aliphatic rings. The number of ether oxygens (including phenoxy) is 2. The van der Waals surface area contributed by atoms with Crippen molar-refractivity contribution in [3.8, 4) is 0 Å². The fourth-order valence-corrected chi connectivity index (χ4v) is 6.12. The van der Waals surface area contributed by atoms with Crippen LogP contribution < -0.4 is 0 Å². The molecule has 250 valence electrons. The van der Waals surface area contributed by atoms with E-state index in [1.54, 1.807) is 0 Å². The van der Waals surface area contributed by atoms with Gasteiger partial charge in [0.25, 0.3) is 0 Å². The van der Waals surface area contributed by atoms with Crippen LogP contribution in [0.25, 0.3) is 0 Å². The highest BCUT2D eigenvalue weighted by Gasteiger charge is 2.33. The van der Waals surface area contributed by atoms with Crippen LogP contribution in [0.3, 0.4) is 0 Å². The fraction of sp³-hybridized carbons (Fsp3) is 0.947. The summed E-state index contributed by atoms with van der Waals surface area (Å²) in [5.41, 5.74) is 0. The molecule has 0 rings (SSSR count). The molecule has 2 unspecified atom stereocenters. The fourth-order valence-electron chi connectivity index (χ4n) is 6.12. The summed E-state index contributed by atoms with van der Waals surface area (Å²) in [6, 6.07) is 0. The van der Waals surface area contributed by atoms with Gasteiger partial charge in [0.1, 0.15) is 0 Å². The smallest absolute Gasteiger partial charge is 0.309 e. The summed E-state index contributed by atoms with van der Waals surface area (Å²) in [7, 11) is 0. The van der Waals surface area contributed by atoms with E-state index >= 15 is 0 Å². The highest BCUT2D eigenvalue weighted by Crippen LogP contribution is 2.33. The number of esters is 2. The van der Waals surface area contributed by atoms with Crippen molar-refractivity contribution in [3.05, 3.63) is 0 Å². The second-order valence-corrected chi connectivity index (χ2v) is 14.6. The molecule has 0 radical (unpaired) electrons. The molecule has 0 aliphatic carbocycles. The Morgan fingerprint density at radius 1 is 0.452 bits per heavy atom. The first kappa shape index (κ1) is 40.9. The molecule has 0 saturated heterocycles. The first-order valence-corrected chi connectivity index (χ1v) is 18.4. The van der Waals surface area contributed by atoms with Gasteiger partial charge in [-0.05, 0) is 68.1 Å². The molecule has 0 heterocycles. The zero-order chi connectivity index (χ0) is 31.6. The normalized spacial score (nSPS) is 13.3.